The highest BCUT2D eigenvalue weighted by atomic mass is 32.2. The van der Waals surface area contributed by atoms with Crippen LogP contribution in [0.25, 0.3) is 0 Å². The molecular formula is C10H22N2S2. The molecule has 0 atom stereocenters. The molecule has 1 heterocycles. The van der Waals surface area contributed by atoms with E-state index in [1.165, 1.54) is 48.9 Å². The van der Waals surface area contributed by atoms with E-state index in [-0.39, 0.29) is 0 Å². The van der Waals surface area contributed by atoms with Crippen LogP contribution in [0.2, 0.25) is 0 Å². The molecule has 0 aromatic carbocycles. The van der Waals surface area contributed by atoms with Crippen molar-refractivity contribution in [3.8, 4) is 0 Å². The molecule has 0 saturated carbocycles. The molecule has 4 heteroatoms. The number of hydrogen-bond donors (Lipinski definition) is 2. The second kappa shape index (κ2) is 10.1. The second-order valence-corrected chi connectivity index (χ2v) is 5.88. The van der Waals surface area contributed by atoms with Crippen LogP contribution in [-0.2, 0) is 0 Å². The molecule has 0 amide bonds. The first-order valence-electron chi connectivity index (χ1n) is 5.57. The molecule has 1 aliphatic rings. The molecule has 0 aromatic heterocycles. The topological polar surface area (TPSA) is 24.1 Å². The molecule has 0 bridgehead atoms. The summed E-state index contributed by atoms with van der Waals surface area (Å²) in [6.07, 6.45) is 2.63. The number of nitrogens with one attached hydrogen (secondary N) is 2. The zero-order valence-electron chi connectivity index (χ0n) is 8.89. The van der Waals surface area contributed by atoms with Gasteiger partial charge in [0, 0.05) is 24.6 Å². The van der Waals surface area contributed by atoms with Gasteiger partial charge in [0.2, 0.25) is 0 Å². The average Bonchev–Trinajstić information content (AvgIpc) is 2.22. The van der Waals surface area contributed by atoms with Crippen LogP contribution in [0, 0.1) is 0 Å². The monoisotopic (exact) mass is 234 g/mol. The highest BCUT2D eigenvalue weighted by Gasteiger charge is 1.94. The van der Waals surface area contributed by atoms with Crippen LogP contribution in [0.15, 0.2) is 0 Å². The lowest BCUT2D eigenvalue weighted by Crippen LogP contribution is -2.29. The van der Waals surface area contributed by atoms with Crippen molar-refractivity contribution in [2.45, 2.75) is 12.8 Å². The van der Waals surface area contributed by atoms with E-state index in [0.29, 0.717) is 0 Å². The summed E-state index contributed by atoms with van der Waals surface area (Å²) in [5.74, 6) is 5.30. The molecular weight excluding hydrogens is 212 g/mol. The third-order valence-corrected chi connectivity index (χ3v) is 4.53. The second-order valence-electron chi connectivity index (χ2n) is 3.43. The molecule has 0 aliphatic carbocycles. The molecule has 0 aromatic rings. The quantitative estimate of drug-likeness (QED) is 0.662. The van der Waals surface area contributed by atoms with E-state index in [0.717, 1.165) is 13.1 Å². The fourth-order valence-electron chi connectivity index (χ4n) is 1.35. The van der Waals surface area contributed by atoms with Gasteiger partial charge in [-0.05, 0) is 37.4 Å². The van der Waals surface area contributed by atoms with Gasteiger partial charge in [-0.15, -0.1) is 0 Å². The van der Waals surface area contributed by atoms with Crippen LogP contribution in [0.4, 0.5) is 0 Å². The lowest BCUT2D eigenvalue weighted by Gasteiger charge is -2.08. The van der Waals surface area contributed by atoms with E-state index in [9.17, 15) is 0 Å². The van der Waals surface area contributed by atoms with Crippen LogP contribution in [0.3, 0.4) is 0 Å². The van der Waals surface area contributed by atoms with Crippen molar-refractivity contribution >= 4 is 23.5 Å². The smallest absolute Gasteiger partial charge is 0.00767 e. The first-order chi connectivity index (χ1) is 7.00. The SMILES string of the molecule is C1CNCCNCCCSCCSC1. The van der Waals surface area contributed by atoms with Crippen molar-refractivity contribution < 1.29 is 0 Å². The van der Waals surface area contributed by atoms with Crippen molar-refractivity contribution in [2.24, 2.45) is 0 Å². The number of thioether (sulfide) groups is 2. The summed E-state index contributed by atoms with van der Waals surface area (Å²) < 4.78 is 0. The van der Waals surface area contributed by atoms with E-state index in [2.05, 4.69) is 34.2 Å². The summed E-state index contributed by atoms with van der Waals surface area (Å²) in [5.41, 5.74) is 0. The van der Waals surface area contributed by atoms with Gasteiger partial charge in [-0.3, -0.25) is 0 Å². The summed E-state index contributed by atoms with van der Waals surface area (Å²) in [4.78, 5) is 0. The molecule has 0 radical (unpaired) electrons. The Labute approximate surface area is 96.4 Å². The maximum Gasteiger partial charge on any atom is 0.00767 e. The van der Waals surface area contributed by atoms with E-state index in [1.807, 2.05) is 0 Å². The Bertz CT molecular complexity index is 69.4. The Balaban J connectivity index is 2.00. The summed E-state index contributed by atoms with van der Waals surface area (Å²) >= 11 is 4.21. The Morgan fingerprint density at radius 3 is 1.57 bits per heavy atom. The van der Waals surface area contributed by atoms with Crippen LogP contribution >= 0.6 is 23.5 Å². The van der Waals surface area contributed by atoms with Crippen molar-refractivity contribution in [3.63, 3.8) is 0 Å². The van der Waals surface area contributed by atoms with E-state index in [1.54, 1.807) is 0 Å². The fourth-order valence-corrected chi connectivity index (χ4v) is 3.40. The van der Waals surface area contributed by atoms with Crippen molar-refractivity contribution in [1.29, 1.82) is 0 Å². The van der Waals surface area contributed by atoms with Gasteiger partial charge in [-0.1, -0.05) is 0 Å². The fraction of sp³-hybridized carbons (Fsp3) is 1.00. The highest BCUT2D eigenvalue weighted by Crippen LogP contribution is 2.08. The van der Waals surface area contributed by atoms with Crippen LogP contribution in [0.5, 0.6) is 0 Å². The third kappa shape index (κ3) is 7.97. The predicted octanol–water partition coefficient (Wildman–Crippen LogP) is 1.43. The van der Waals surface area contributed by atoms with Gasteiger partial charge >= 0.3 is 0 Å². The summed E-state index contributed by atoms with van der Waals surface area (Å²) in [6.45, 7) is 4.61. The summed E-state index contributed by atoms with van der Waals surface area (Å²) in [7, 11) is 0. The maximum absolute atomic E-state index is 3.46. The van der Waals surface area contributed by atoms with Gasteiger partial charge in [-0.25, -0.2) is 0 Å². The molecule has 1 rings (SSSR count). The Hall–Kier alpha value is 0.620. The largest absolute Gasteiger partial charge is 0.315 e. The lowest BCUT2D eigenvalue weighted by molar-refractivity contribution is 0.605. The highest BCUT2D eigenvalue weighted by molar-refractivity contribution is 8.02. The average molecular weight is 234 g/mol. The summed E-state index contributed by atoms with van der Waals surface area (Å²) in [6, 6.07) is 0. The van der Waals surface area contributed by atoms with Gasteiger partial charge in [-0.2, -0.15) is 23.5 Å². The van der Waals surface area contributed by atoms with E-state index >= 15 is 0 Å². The normalized spacial score (nSPS) is 24.0. The molecule has 1 saturated heterocycles. The van der Waals surface area contributed by atoms with Crippen molar-refractivity contribution in [3.05, 3.63) is 0 Å². The van der Waals surface area contributed by atoms with Crippen LogP contribution in [0.1, 0.15) is 12.8 Å². The molecule has 2 nitrogen and oxygen atoms in total. The number of rotatable bonds is 0. The molecule has 84 valence electrons. The first kappa shape index (κ1) is 12.7. The van der Waals surface area contributed by atoms with E-state index < -0.39 is 0 Å². The minimum absolute atomic E-state index is 1.12. The van der Waals surface area contributed by atoms with Crippen LogP contribution in [-0.4, -0.2) is 49.2 Å². The standard InChI is InChI=1S/C10H22N2S2/c1-3-11-5-6-12-4-2-8-14-10-9-13-7-1/h11-12H,1-10H2. The van der Waals surface area contributed by atoms with Gasteiger partial charge < -0.3 is 10.6 Å². The molecule has 0 spiro atoms. The van der Waals surface area contributed by atoms with Gasteiger partial charge in [0.05, 0.1) is 0 Å². The van der Waals surface area contributed by atoms with Gasteiger partial charge in [0.1, 0.15) is 0 Å². The minimum atomic E-state index is 1.12. The Kier molecular flexibility index (Phi) is 9.20. The van der Waals surface area contributed by atoms with Crippen molar-refractivity contribution in [1.82, 2.24) is 10.6 Å². The first-order valence-corrected chi connectivity index (χ1v) is 7.88. The Morgan fingerprint density at radius 1 is 0.571 bits per heavy atom. The van der Waals surface area contributed by atoms with Crippen molar-refractivity contribution in [2.75, 3.05) is 49.2 Å². The van der Waals surface area contributed by atoms with E-state index in [4.69, 9.17) is 0 Å². The predicted molar refractivity (Wildman–Crippen MR) is 69.6 cm³/mol. The third-order valence-electron chi connectivity index (χ3n) is 2.14. The molecule has 2 N–H and O–H groups in total. The molecule has 14 heavy (non-hydrogen) atoms. The Morgan fingerprint density at radius 2 is 1.07 bits per heavy atom. The minimum Gasteiger partial charge on any atom is -0.315 e. The molecule has 0 unspecified atom stereocenters. The van der Waals surface area contributed by atoms with Gasteiger partial charge in [0.15, 0.2) is 0 Å². The van der Waals surface area contributed by atoms with Gasteiger partial charge in [0.25, 0.3) is 0 Å². The molecule has 1 fully saturated rings. The maximum atomic E-state index is 3.46. The zero-order chi connectivity index (χ0) is 9.90. The zero-order valence-corrected chi connectivity index (χ0v) is 10.5. The number of hydrogen-bond acceptors (Lipinski definition) is 4. The molecule has 1 aliphatic heterocycles. The van der Waals surface area contributed by atoms with Crippen LogP contribution < -0.4 is 10.6 Å². The summed E-state index contributed by atoms with van der Waals surface area (Å²) in [5, 5.41) is 6.92. The lowest BCUT2D eigenvalue weighted by atomic mass is 10.4.